The van der Waals surface area contributed by atoms with Crippen molar-refractivity contribution < 1.29 is 4.79 Å². The summed E-state index contributed by atoms with van der Waals surface area (Å²) in [5.74, 6) is 0.00784. The highest BCUT2D eigenvalue weighted by molar-refractivity contribution is 5.96. The van der Waals surface area contributed by atoms with Crippen LogP contribution in [0, 0.1) is 16.7 Å². The first kappa shape index (κ1) is 13.4. The summed E-state index contributed by atoms with van der Waals surface area (Å²) in [6.07, 6.45) is 5.22. The predicted molar refractivity (Wildman–Crippen MR) is 75.4 cm³/mol. The minimum absolute atomic E-state index is 0.00784. The lowest BCUT2D eigenvalue weighted by Crippen LogP contribution is -2.35. The average Bonchev–Trinajstić information content (AvgIpc) is 2.41. The van der Waals surface area contributed by atoms with Crippen LogP contribution >= 0.6 is 0 Å². The molecule has 0 saturated heterocycles. The van der Waals surface area contributed by atoms with E-state index in [9.17, 15) is 4.79 Å². The van der Waals surface area contributed by atoms with E-state index in [0.29, 0.717) is 16.9 Å². The third-order valence-electron chi connectivity index (χ3n) is 3.92. The molecule has 0 aromatic heterocycles. The number of nitrogens with two attached hydrogens (primary N) is 1. The number of nitrogens with zero attached hydrogens (tertiary/aromatic N) is 1. The molecule has 2 rings (SSSR count). The molecule has 1 aliphatic rings. The topological polar surface area (TPSA) is 78.9 Å². The minimum Gasteiger partial charge on any atom is -0.399 e. The Bertz CT molecular complexity index is 525. The third-order valence-corrected chi connectivity index (χ3v) is 3.92. The number of carbonyl (C=O) groups is 1. The highest BCUT2D eigenvalue weighted by Crippen LogP contribution is 2.37. The summed E-state index contributed by atoms with van der Waals surface area (Å²) in [6.45, 7) is 2.00. The molecule has 1 aromatic rings. The molecule has 1 fully saturated rings. The van der Waals surface area contributed by atoms with Gasteiger partial charge in [-0.2, -0.15) is 5.26 Å². The number of hydrogen-bond acceptors (Lipinski definition) is 3. The molecule has 0 aliphatic heterocycles. The van der Waals surface area contributed by atoms with E-state index in [1.165, 1.54) is 6.42 Å². The zero-order chi connectivity index (χ0) is 13.9. The van der Waals surface area contributed by atoms with Crippen LogP contribution in [0.15, 0.2) is 18.2 Å². The van der Waals surface area contributed by atoms with Crippen LogP contribution in [0.3, 0.4) is 0 Å². The van der Waals surface area contributed by atoms with Gasteiger partial charge in [0.2, 0.25) is 5.91 Å². The number of anilines is 2. The molecule has 1 aliphatic carbocycles. The first-order valence-corrected chi connectivity index (χ1v) is 6.66. The van der Waals surface area contributed by atoms with E-state index in [0.717, 1.165) is 25.7 Å². The van der Waals surface area contributed by atoms with E-state index >= 15 is 0 Å². The molecule has 0 atom stereocenters. The maximum absolute atomic E-state index is 12.4. The molecule has 100 valence electrons. The van der Waals surface area contributed by atoms with Gasteiger partial charge < -0.3 is 11.1 Å². The van der Waals surface area contributed by atoms with Gasteiger partial charge in [-0.05, 0) is 31.0 Å². The molecule has 4 nitrogen and oxygen atoms in total. The fraction of sp³-hybridized carbons (Fsp3) is 0.467. The van der Waals surface area contributed by atoms with Crippen LogP contribution in [0.25, 0.3) is 0 Å². The predicted octanol–water partition coefficient (Wildman–Crippen LogP) is 3.05. The Kier molecular flexibility index (Phi) is 3.75. The van der Waals surface area contributed by atoms with E-state index in [1.54, 1.807) is 18.2 Å². The molecular weight excluding hydrogens is 238 g/mol. The van der Waals surface area contributed by atoms with Crippen LogP contribution < -0.4 is 11.1 Å². The lowest BCUT2D eigenvalue weighted by molar-refractivity contribution is -0.126. The minimum atomic E-state index is -0.313. The molecular formula is C15H19N3O. The molecule has 1 saturated carbocycles. The second kappa shape index (κ2) is 5.31. The summed E-state index contributed by atoms with van der Waals surface area (Å²) in [6, 6.07) is 7.03. The van der Waals surface area contributed by atoms with Crippen molar-refractivity contribution in [1.29, 1.82) is 5.26 Å². The van der Waals surface area contributed by atoms with Crippen molar-refractivity contribution in [3.63, 3.8) is 0 Å². The van der Waals surface area contributed by atoms with Gasteiger partial charge in [0.05, 0.1) is 11.3 Å². The Morgan fingerprint density at radius 2 is 2.05 bits per heavy atom. The number of nitriles is 1. The number of amides is 1. The first-order chi connectivity index (χ1) is 9.05. The van der Waals surface area contributed by atoms with Gasteiger partial charge in [-0.15, -0.1) is 0 Å². The van der Waals surface area contributed by atoms with Crippen molar-refractivity contribution in [2.45, 2.75) is 39.0 Å². The van der Waals surface area contributed by atoms with Crippen molar-refractivity contribution in [2.24, 2.45) is 5.41 Å². The lowest BCUT2D eigenvalue weighted by atomic mass is 9.75. The van der Waals surface area contributed by atoms with E-state index in [1.807, 2.05) is 6.92 Å². The molecule has 19 heavy (non-hydrogen) atoms. The van der Waals surface area contributed by atoms with Crippen LogP contribution in [0.1, 0.15) is 44.6 Å². The second-order valence-corrected chi connectivity index (χ2v) is 5.49. The van der Waals surface area contributed by atoms with Crippen molar-refractivity contribution in [3.8, 4) is 6.07 Å². The zero-order valence-electron chi connectivity index (χ0n) is 11.2. The third kappa shape index (κ3) is 2.87. The fourth-order valence-corrected chi connectivity index (χ4v) is 2.60. The van der Waals surface area contributed by atoms with Crippen LogP contribution in [-0.4, -0.2) is 5.91 Å². The second-order valence-electron chi connectivity index (χ2n) is 5.49. The van der Waals surface area contributed by atoms with E-state index in [-0.39, 0.29) is 11.3 Å². The van der Waals surface area contributed by atoms with Crippen LogP contribution in [0.5, 0.6) is 0 Å². The summed E-state index contributed by atoms with van der Waals surface area (Å²) in [7, 11) is 0. The van der Waals surface area contributed by atoms with Gasteiger partial charge in [0.25, 0.3) is 0 Å². The summed E-state index contributed by atoms with van der Waals surface area (Å²) in [5.41, 5.74) is 6.81. The monoisotopic (exact) mass is 257 g/mol. The van der Waals surface area contributed by atoms with Crippen LogP contribution in [-0.2, 0) is 4.79 Å². The normalized spacial score (nSPS) is 17.5. The number of nitrogen functional groups attached to an aromatic ring is 1. The molecule has 0 bridgehead atoms. The molecule has 0 unspecified atom stereocenters. The fourth-order valence-electron chi connectivity index (χ4n) is 2.60. The summed E-state index contributed by atoms with van der Waals surface area (Å²) in [4.78, 5) is 12.4. The van der Waals surface area contributed by atoms with Crippen molar-refractivity contribution in [1.82, 2.24) is 0 Å². The van der Waals surface area contributed by atoms with Crippen molar-refractivity contribution in [3.05, 3.63) is 23.8 Å². The van der Waals surface area contributed by atoms with Gasteiger partial charge in [0, 0.05) is 11.1 Å². The van der Waals surface area contributed by atoms with Crippen LogP contribution in [0.4, 0.5) is 11.4 Å². The Hall–Kier alpha value is -2.02. The molecule has 1 amide bonds. The molecule has 0 spiro atoms. The van der Waals surface area contributed by atoms with E-state index in [4.69, 9.17) is 11.0 Å². The Morgan fingerprint density at radius 1 is 1.37 bits per heavy atom. The Morgan fingerprint density at radius 3 is 2.68 bits per heavy atom. The smallest absolute Gasteiger partial charge is 0.230 e. The number of hydrogen-bond donors (Lipinski definition) is 2. The number of carbonyl (C=O) groups excluding carboxylic acids is 1. The SMILES string of the molecule is CC1(C(=O)Nc2ccc(N)cc2C#N)CCCCC1. The molecule has 3 N–H and O–H groups in total. The largest absolute Gasteiger partial charge is 0.399 e. The van der Waals surface area contributed by atoms with Gasteiger partial charge in [0.15, 0.2) is 0 Å². The maximum atomic E-state index is 12.4. The van der Waals surface area contributed by atoms with Gasteiger partial charge in [-0.1, -0.05) is 26.2 Å². The van der Waals surface area contributed by atoms with Crippen molar-refractivity contribution >= 4 is 17.3 Å². The summed E-state index contributed by atoms with van der Waals surface area (Å²) in [5, 5.41) is 12.0. The standard InChI is InChI=1S/C15H19N3O/c1-15(7-3-2-4-8-15)14(19)18-13-6-5-12(17)9-11(13)10-16/h5-6,9H,2-4,7-8,17H2,1H3,(H,18,19). The molecule has 0 heterocycles. The van der Waals surface area contributed by atoms with Gasteiger partial charge in [0.1, 0.15) is 6.07 Å². The van der Waals surface area contributed by atoms with Gasteiger partial charge in [-0.25, -0.2) is 0 Å². The lowest BCUT2D eigenvalue weighted by Gasteiger charge is -2.32. The average molecular weight is 257 g/mol. The quantitative estimate of drug-likeness (QED) is 0.799. The highest BCUT2D eigenvalue weighted by Gasteiger charge is 2.34. The summed E-state index contributed by atoms with van der Waals surface area (Å²) < 4.78 is 0. The van der Waals surface area contributed by atoms with Gasteiger partial charge >= 0.3 is 0 Å². The highest BCUT2D eigenvalue weighted by atomic mass is 16.2. The van der Waals surface area contributed by atoms with Crippen LogP contribution in [0.2, 0.25) is 0 Å². The Labute approximate surface area is 113 Å². The van der Waals surface area contributed by atoms with Crippen molar-refractivity contribution in [2.75, 3.05) is 11.1 Å². The van der Waals surface area contributed by atoms with Gasteiger partial charge in [-0.3, -0.25) is 4.79 Å². The molecule has 1 aromatic carbocycles. The molecule has 4 heteroatoms. The summed E-state index contributed by atoms with van der Waals surface area (Å²) >= 11 is 0. The number of nitrogens with one attached hydrogen (secondary N) is 1. The van der Waals surface area contributed by atoms with E-state index in [2.05, 4.69) is 11.4 Å². The number of benzene rings is 1. The molecule has 0 radical (unpaired) electrons. The van der Waals surface area contributed by atoms with E-state index < -0.39 is 0 Å². The first-order valence-electron chi connectivity index (χ1n) is 6.66. The number of rotatable bonds is 2. The zero-order valence-corrected chi connectivity index (χ0v) is 11.2. The maximum Gasteiger partial charge on any atom is 0.230 e. The Balaban J connectivity index is 2.17.